The van der Waals surface area contributed by atoms with Gasteiger partial charge in [0.15, 0.2) is 0 Å². The van der Waals surface area contributed by atoms with Gasteiger partial charge < -0.3 is 9.64 Å². The van der Waals surface area contributed by atoms with Crippen LogP contribution in [0.5, 0.6) is 0 Å². The zero-order valence-electron chi connectivity index (χ0n) is 13.8. The minimum atomic E-state index is -4.37. The third kappa shape index (κ3) is 4.66. The zero-order chi connectivity index (χ0) is 17.9. The Kier molecular flexibility index (Phi) is 5.17. The second-order valence-electron chi connectivity index (χ2n) is 6.03. The van der Waals surface area contributed by atoms with Gasteiger partial charge in [-0.2, -0.15) is 13.2 Å². The van der Waals surface area contributed by atoms with Crippen LogP contribution >= 0.6 is 0 Å². The van der Waals surface area contributed by atoms with Crippen molar-refractivity contribution in [2.75, 3.05) is 24.6 Å². The number of anilines is 1. The Balaban J connectivity index is 1.59. The first-order chi connectivity index (χ1) is 11.9. The second-order valence-corrected chi connectivity index (χ2v) is 6.03. The molecule has 0 spiro atoms. The van der Waals surface area contributed by atoms with E-state index in [1.165, 1.54) is 6.07 Å². The summed E-state index contributed by atoms with van der Waals surface area (Å²) in [5.74, 6) is 0.541. The van der Waals surface area contributed by atoms with E-state index in [1.807, 2.05) is 17.9 Å². The Morgan fingerprint density at radius 1 is 1.24 bits per heavy atom. The maximum absolute atomic E-state index is 12.6. The van der Waals surface area contributed by atoms with Crippen LogP contribution in [0.4, 0.5) is 19.0 Å². The third-order valence-corrected chi connectivity index (χ3v) is 4.12. The molecule has 0 aliphatic carbocycles. The predicted octanol–water partition coefficient (Wildman–Crippen LogP) is 3.04. The van der Waals surface area contributed by atoms with E-state index in [2.05, 4.69) is 15.0 Å². The van der Waals surface area contributed by atoms with Gasteiger partial charge in [-0.05, 0) is 38.0 Å². The van der Waals surface area contributed by atoms with Crippen molar-refractivity contribution in [1.82, 2.24) is 15.0 Å². The molecule has 1 saturated heterocycles. The van der Waals surface area contributed by atoms with Gasteiger partial charge in [0.25, 0.3) is 0 Å². The van der Waals surface area contributed by atoms with Crippen molar-refractivity contribution in [1.29, 1.82) is 0 Å². The van der Waals surface area contributed by atoms with Crippen LogP contribution in [0.2, 0.25) is 0 Å². The summed E-state index contributed by atoms with van der Waals surface area (Å²) in [6.07, 6.45) is -0.396. The Bertz CT molecular complexity index is 706. The lowest BCUT2D eigenvalue weighted by Gasteiger charge is -2.33. The fourth-order valence-corrected chi connectivity index (χ4v) is 2.80. The van der Waals surface area contributed by atoms with Crippen molar-refractivity contribution in [3.05, 3.63) is 47.7 Å². The van der Waals surface area contributed by atoms with E-state index in [4.69, 9.17) is 4.74 Å². The normalized spacial score (nSPS) is 18.4. The molecule has 1 aliphatic heterocycles. The smallest absolute Gasteiger partial charge is 0.375 e. The maximum Gasteiger partial charge on any atom is 0.417 e. The van der Waals surface area contributed by atoms with Gasteiger partial charge >= 0.3 is 6.18 Å². The molecule has 2 aromatic rings. The Morgan fingerprint density at radius 3 is 2.76 bits per heavy atom. The summed E-state index contributed by atoms with van der Waals surface area (Å²) in [6, 6.07) is 4.42. The van der Waals surface area contributed by atoms with Crippen molar-refractivity contribution in [2.45, 2.75) is 32.0 Å². The van der Waals surface area contributed by atoms with Gasteiger partial charge in [-0.3, -0.25) is 0 Å². The van der Waals surface area contributed by atoms with Gasteiger partial charge in [-0.25, -0.2) is 15.0 Å². The molecule has 1 atom stereocenters. The van der Waals surface area contributed by atoms with Crippen molar-refractivity contribution in [2.24, 2.45) is 0 Å². The van der Waals surface area contributed by atoms with Crippen LogP contribution in [0.15, 0.2) is 30.7 Å². The highest BCUT2D eigenvalue weighted by atomic mass is 19.4. The van der Waals surface area contributed by atoms with Gasteiger partial charge in [0.2, 0.25) is 0 Å². The molecule has 1 unspecified atom stereocenters. The number of morpholine rings is 1. The van der Waals surface area contributed by atoms with Gasteiger partial charge in [0.05, 0.1) is 18.3 Å². The van der Waals surface area contributed by atoms with Crippen LogP contribution in [0.25, 0.3) is 0 Å². The highest BCUT2D eigenvalue weighted by Gasteiger charge is 2.31. The van der Waals surface area contributed by atoms with E-state index in [0.717, 1.165) is 36.5 Å². The van der Waals surface area contributed by atoms with Crippen molar-refractivity contribution < 1.29 is 17.9 Å². The SMILES string of the molecule is Cc1cc(CCC2CN(c3ccc(C(F)(F)F)cn3)CCO2)ncn1. The van der Waals surface area contributed by atoms with Crippen molar-refractivity contribution in [3.63, 3.8) is 0 Å². The highest BCUT2D eigenvalue weighted by molar-refractivity contribution is 5.40. The molecule has 3 rings (SSSR count). The lowest BCUT2D eigenvalue weighted by Crippen LogP contribution is -2.43. The Labute approximate surface area is 143 Å². The van der Waals surface area contributed by atoms with Gasteiger partial charge in [-0.1, -0.05) is 0 Å². The lowest BCUT2D eigenvalue weighted by atomic mass is 10.1. The van der Waals surface area contributed by atoms with E-state index in [9.17, 15) is 13.2 Å². The van der Waals surface area contributed by atoms with E-state index < -0.39 is 11.7 Å². The van der Waals surface area contributed by atoms with Crippen LogP contribution < -0.4 is 4.90 Å². The fraction of sp³-hybridized carbons (Fsp3) is 0.471. The number of halogens is 3. The molecule has 0 radical (unpaired) electrons. The molecule has 0 amide bonds. The minimum absolute atomic E-state index is 0.00638. The molecule has 1 aliphatic rings. The molecular weight excluding hydrogens is 333 g/mol. The number of pyridine rings is 1. The van der Waals surface area contributed by atoms with Crippen LogP contribution in [0.1, 0.15) is 23.4 Å². The minimum Gasteiger partial charge on any atom is -0.375 e. The first-order valence-electron chi connectivity index (χ1n) is 8.09. The molecule has 0 bridgehead atoms. The largest absolute Gasteiger partial charge is 0.417 e. The molecule has 3 heterocycles. The zero-order valence-corrected chi connectivity index (χ0v) is 13.8. The standard InChI is InChI=1S/C17H19F3N4O/c1-12-8-14(23-11-22-12)3-4-15-10-24(6-7-25-15)16-5-2-13(9-21-16)17(18,19)20/h2,5,8-9,11,15H,3-4,6-7,10H2,1H3. The molecule has 8 heteroatoms. The molecule has 1 fully saturated rings. The number of ether oxygens (including phenoxy) is 1. The first kappa shape index (κ1) is 17.6. The Morgan fingerprint density at radius 2 is 2.08 bits per heavy atom. The van der Waals surface area contributed by atoms with Crippen LogP contribution in [-0.2, 0) is 17.3 Å². The summed E-state index contributed by atoms with van der Waals surface area (Å²) in [4.78, 5) is 14.2. The third-order valence-electron chi connectivity index (χ3n) is 4.12. The number of rotatable bonds is 4. The summed E-state index contributed by atoms with van der Waals surface area (Å²) < 4.78 is 43.7. The second kappa shape index (κ2) is 7.35. The fourth-order valence-electron chi connectivity index (χ4n) is 2.80. The average molecular weight is 352 g/mol. The summed E-state index contributed by atoms with van der Waals surface area (Å²) in [7, 11) is 0. The average Bonchev–Trinajstić information content (AvgIpc) is 2.60. The van der Waals surface area contributed by atoms with E-state index in [1.54, 1.807) is 6.33 Å². The number of nitrogens with zero attached hydrogens (tertiary/aromatic N) is 4. The predicted molar refractivity (Wildman–Crippen MR) is 86.3 cm³/mol. The lowest BCUT2D eigenvalue weighted by molar-refractivity contribution is -0.137. The summed E-state index contributed by atoms with van der Waals surface area (Å²) in [5.41, 5.74) is 1.14. The van der Waals surface area contributed by atoms with Crippen molar-refractivity contribution in [3.8, 4) is 0 Å². The Hall–Kier alpha value is -2.22. The molecule has 134 valence electrons. The topological polar surface area (TPSA) is 51.1 Å². The molecule has 0 aromatic carbocycles. The van der Waals surface area contributed by atoms with E-state index >= 15 is 0 Å². The van der Waals surface area contributed by atoms with Crippen LogP contribution in [-0.4, -0.2) is 40.8 Å². The molecule has 2 aromatic heterocycles. The summed E-state index contributed by atoms with van der Waals surface area (Å²) in [6.45, 7) is 3.65. The molecule has 25 heavy (non-hydrogen) atoms. The number of aromatic nitrogens is 3. The van der Waals surface area contributed by atoms with E-state index in [0.29, 0.717) is 25.5 Å². The van der Waals surface area contributed by atoms with E-state index in [-0.39, 0.29) is 6.10 Å². The monoisotopic (exact) mass is 352 g/mol. The molecular formula is C17H19F3N4O. The molecule has 0 saturated carbocycles. The summed E-state index contributed by atoms with van der Waals surface area (Å²) >= 11 is 0. The van der Waals surface area contributed by atoms with Crippen LogP contribution in [0, 0.1) is 6.92 Å². The molecule has 5 nitrogen and oxygen atoms in total. The van der Waals surface area contributed by atoms with Gasteiger partial charge in [0, 0.05) is 30.7 Å². The number of alkyl halides is 3. The molecule has 0 N–H and O–H groups in total. The number of hydrogen-bond acceptors (Lipinski definition) is 5. The highest BCUT2D eigenvalue weighted by Crippen LogP contribution is 2.29. The number of hydrogen-bond donors (Lipinski definition) is 0. The maximum atomic E-state index is 12.6. The van der Waals surface area contributed by atoms with Gasteiger partial charge in [0.1, 0.15) is 12.1 Å². The summed E-state index contributed by atoms with van der Waals surface area (Å²) in [5, 5.41) is 0. The van der Waals surface area contributed by atoms with Crippen LogP contribution in [0.3, 0.4) is 0 Å². The first-order valence-corrected chi connectivity index (χ1v) is 8.09. The van der Waals surface area contributed by atoms with Gasteiger partial charge in [-0.15, -0.1) is 0 Å². The quantitative estimate of drug-likeness (QED) is 0.847. The van der Waals surface area contributed by atoms with Crippen molar-refractivity contribution >= 4 is 5.82 Å². The number of aryl methyl sites for hydroxylation is 2.